The molecule has 13 heavy (non-hydrogen) atoms. The first-order valence-electron chi connectivity index (χ1n) is 3.67. The van der Waals surface area contributed by atoms with E-state index in [1.54, 1.807) is 18.2 Å². The van der Waals surface area contributed by atoms with Gasteiger partial charge in [0.15, 0.2) is 0 Å². The van der Waals surface area contributed by atoms with E-state index in [4.69, 9.17) is 0 Å². The number of methoxy groups -OCH3 is 1. The third-order valence-electron chi connectivity index (χ3n) is 1.47. The van der Waals surface area contributed by atoms with Crippen LogP contribution in [0.15, 0.2) is 18.2 Å². The van der Waals surface area contributed by atoms with Gasteiger partial charge in [0.2, 0.25) is 0 Å². The molecule has 0 amide bonds. The lowest BCUT2D eigenvalue weighted by atomic mass is 10.4. The van der Waals surface area contributed by atoms with Crippen molar-refractivity contribution in [3.63, 3.8) is 0 Å². The van der Waals surface area contributed by atoms with Crippen LogP contribution in [-0.4, -0.2) is 24.3 Å². The van der Waals surface area contributed by atoms with Gasteiger partial charge in [0.05, 0.1) is 7.11 Å². The Morgan fingerprint density at radius 1 is 1.54 bits per heavy atom. The number of hydrogen-bond acceptors (Lipinski definition) is 3. The van der Waals surface area contributed by atoms with Crippen LogP contribution in [0.2, 0.25) is 0 Å². The Bertz CT molecular complexity index is 338. The zero-order valence-corrected chi connectivity index (χ0v) is 7.11. The largest absolute Gasteiger partial charge is 0.464 e. The molecule has 0 aliphatic heterocycles. The molecular formula is C9H9NO3. The topological polar surface area (TPSA) is 59.2 Å². The fourth-order valence-corrected chi connectivity index (χ4v) is 0.881. The molecular weight excluding hydrogens is 170 g/mol. The van der Waals surface area contributed by atoms with Gasteiger partial charge in [0.1, 0.15) is 12.0 Å². The molecule has 0 fully saturated rings. The predicted octanol–water partition coefficient (Wildman–Crippen LogP) is 1.01. The van der Waals surface area contributed by atoms with Gasteiger partial charge >= 0.3 is 5.97 Å². The first-order chi connectivity index (χ1) is 6.27. The third-order valence-corrected chi connectivity index (χ3v) is 1.47. The van der Waals surface area contributed by atoms with Crippen LogP contribution >= 0.6 is 0 Å². The zero-order valence-electron chi connectivity index (χ0n) is 7.11. The fraction of sp³-hybridized carbons (Fsp3) is 0.111. The summed E-state index contributed by atoms with van der Waals surface area (Å²) in [7, 11) is 1.31. The lowest BCUT2D eigenvalue weighted by Gasteiger charge is -1.92. The van der Waals surface area contributed by atoms with Crippen molar-refractivity contribution in [2.45, 2.75) is 0 Å². The van der Waals surface area contributed by atoms with Crippen LogP contribution in [0.3, 0.4) is 0 Å². The molecule has 0 bridgehead atoms. The Balaban J connectivity index is 2.80. The normalized spacial score (nSPS) is 10.2. The summed E-state index contributed by atoms with van der Waals surface area (Å²) in [4.78, 5) is 23.7. The molecule has 0 saturated carbocycles. The number of rotatable bonds is 3. The molecule has 0 aliphatic carbocycles. The second-order valence-corrected chi connectivity index (χ2v) is 2.31. The van der Waals surface area contributed by atoms with Gasteiger partial charge in [-0.25, -0.2) is 4.79 Å². The van der Waals surface area contributed by atoms with Crippen molar-refractivity contribution >= 4 is 18.3 Å². The van der Waals surface area contributed by atoms with E-state index in [9.17, 15) is 9.59 Å². The van der Waals surface area contributed by atoms with Crippen LogP contribution in [0, 0.1) is 0 Å². The van der Waals surface area contributed by atoms with Gasteiger partial charge in [-0.15, -0.1) is 0 Å². The molecule has 68 valence electrons. The molecule has 1 heterocycles. The van der Waals surface area contributed by atoms with Crippen molar-refractivity contribution in [3.05, 3.63) is 29.6 Å². The predicted molar refractivity (Wildman–Crippen MR) is 47.2 cm³/mol. The molecule has 0 aromatic carbocycles. The monoisotopic (exact) mass is 179 g/mol. The number of aromatic amines is 1. The summed E-state index contributed by atoms with van der Waals surface area (Å²) in [5.74, 6) is -0.425. The molecule has 4 nitrogen and oxygen atoms in total. The van der Waals surface area contributed by atoms with Gasteiger partial charge in [0.25, 0.3) is 0 Å². The Hall–Kier alpha value is -1.84. The highest BCUT2D eigenvalue weighted by Gasteiger charge is 2.05. The number of aromatic nitrogens is 1. The molecule has 1 aromatic rings. The van der Waals surface area contributed by atoms with E-state index in [-0.39, 0.29) is 0 Å². The maximum atomic E-state index is 11.0. The maximum absolute atomic E-state index is 11.0. The van der Waals surface area contributed by atoms with Crippen molar-refractivity contribution in [1.29, 1.82) is 0 Å². The van der Waals surface area contributed by atoms with E-state index in [0.717, 1.165) is 0 Å². The zero-order chi connectivity index (χ0) is 9.68. The van der Waals surface area contributed by atoms with Crippen molar-refractivity contribution in [1.82, 2.24) is 4.98 Å². The number of carbonyl (C=O) groups excluding carboxylic acids is 2. The van der Waals surface area contributed by atoms with Gasteiger partial charge in [0, 0.05) is 5.69 Å². The standard InChI is InChI=1S/C9H9NO3/c1-13-9(12)8-5-4-7(10-8)3-2-6-11/h2-6,10H,1H3. The summed E-state index contributed by atoms with van der Waals surface area (Å²) < 4.78 is 4.49. The van der Waals surface area contributed by atoms with Gasteiger partial charge in [-0.1, -0.05) is 0 Å². The number of hydrogen-bond donors (Lipinski definition) is 1. The average molecular weight is 179 g/mol. The van der Waals surface area contributed by atoms with Crippen LogP contribution in [0.5, 0.6) is 0 Å². The number of allylic oxidation sites excluding steroid dienone is 1. The summed E-state index contributed by atoms with van der Waals surface area (Å²) in [6.07, 6.45) is 3.57. The summed E-state index contributed by atoms with van der Waals surface area (Å²) in [6.45, 7) is 0. The second kappa shape index (κ2) is 4.25. The minimum atomic E-state index is -0.425. The Kier molecular flexibility index (Phi) is 3.03. The smallest absolute Gasteiger partial charge is 0.354 e. The van der Waals surface area contributed by atoms with Gasteiger partial charge in [-0.3, -0.25) is 4.79 Å². The number of carbonyl (C=O) groups is 2. The van der Waals surface area contributed by atoms with E-state index >= 15 is 0 Å². The maximum Gasteiger partial charge on any atom is 0.354 e. The van der Waals surface area contributed by atoms with Gasteiger partial charge < -0.3 is 9.72 Å². The third kappa shape index (κ3) is 2.30. The molecule has 0 unspecified atom stereocenters. The molecule has 1 aromatic heterocycles. The Morgan fingerprint density at radius 3 is 2.92 bits per heavy atom. The minimum absolute atomic E-state index is 0.369. The summed E-state index contributed by atoms with van der Waals surface area (Å²) in [5.41, 5.74) is 1.06. The fourth-order valence-electron chi connectivity index (χ4n) is 0.881. The van der Waals surface area contributed by atoms with Crippen molar-refractivity contribution < 1.29 is 14.3 Å². The highest BCUT2D eigenvalue weighted by Crippen LogP contribution is 2.04. The first kappa shape index (κ1) is 9.25. The van der Waals surface area contributed by atoms with E-state index in [0.29, 0.717) is 17.7 Å². The molecule has 1 rings (SSSR count). The average Bonchev–Trinajstić information content (AvgIpc) is 2.62. The molecule has 0 spiro atoms. The first-order valence-corrected chi connectivity index (χ1v) is 3.67. The molecule has 0 aliphatic rings. The highest BCUT2D eigenvalue weighted by atomic mass is 16.5. The summed E-state index contributed by atoms with van der Waals surface area (Å²) in [6, 6.07) is 3.28. The molecule has 0 saturated heterocycles. The number of H-pyrrole nitrogens is 1. The molecule has 1 N–H and O–H groups in total. The van der Waals surface area contributed by atoms with Crippen LogP contribution in [-0.2, 0) is 9.53 Å². The van der Waals surface area contributed by atoms with E-state index < -0.39 is 5.97 Å². The van der Waals surface area contributed by atoms with E-state index in [1.807, 2.05) is 0 Å². The van der Waals surface area contributed by atoms with Crippen molar-refractivity contribution in [2.24, 2.45) is 0 Å². The highest BCUT2D eigenvalue weighted by molar-refractivity contribution is 5.88. The molecule has 0 atom stereocenters. The lowest BCUT2D eigenvalue weighted by molar-refractivity contribution is -0.104. The lowest BCUT2D eigenvalue weighted by Crippen LogP contribution is -2.00. The Morgan fingerprint density at radius 2 is 2.31 bits per heavy atom. The van der Waals surface area contributed by atoms with Crippen LogP contribution in [0.1, 0.15) is 16.2 Å². The van der Waals surface area contributed by atoms with Crippen LogP contribution in [0.25, 0.3) is 6.08 Å². The van der Waals surface area contributed by atoms with E-state index in [2.05, 4.69) is 9.72 Å². The SMILES string of the molecule is COC(=O)c1ccc(C=CC=O)[nH]1. The summed E-state index contributed by atoms with van der Waals surface area (Å²) >= 11 is 0. The van der Waals surface area contributed by atoms with Crippen LogP contribution < -0.4 is 0 Å². The van der Waals surface area contributed by atoms with Gasteiger partial charge in [-0.2, -0.15) is 0 Å². The number of esters is 1. The van der Waals surface area contributed by atoms with Crippen LogP contribution in [0.4, 0.5) is 0 Å². The Labute approximate surface area is 75.2 Å². The quantitative estimate of drug-likeness (QED) is 0.428. The van der Waals surface area contributed by atoms with Crippen molar-refractivity contribution in [2.75, 3.05) is 7.11 Å². The second-order valence-electron chi connectivity index (χ2n) is 2.31. The van der Waals surface area contributed by atoms with Crippen molar-refractivity contribution in [3.8, 4) is 0 Å². The summed E-state index contributed by atoms with van der Waals surface area (Å²) in [5, 5.41) is 0. The van der Waals surface area contributed by atoms with E-state index in [1.165, 1.54) is 13.2 Å². The number of ether oxygens (including phenoxy) is 1. The molecule has 0 radical (unpaired) electrons. The van der Waals surface area contributed by atoms with Gasteiger partial charge in [-0.05, 0) is 24.3 Å². The molecule has 4 heteroatoms. The minimum Gasteiger partial charge on any atom is -0.464 e. The number of aldehydes is 1. The number of nitrogens with one attached hydrogen (secondary N) is 1.